The van der Waals surface area contributed by atoms with Crippen molar-refractivity contribution in [1.29, 1.82) is 0 Å². The number of amides is 2. The third kappa shape index (κ3) is 3.43. The highest BCUT2D eigenvalue weighted by molar-refractivity contribution is 7.72. The van der Waals surface area contributed by atoms with Crippen LogP contribution in [0.3, 0.4) is 0 Å². The lowest BCUT2D eigenvalue weighted by atomic mass is 10.2. The zero-order valence-corrected chi connectivity index (χ0v) is 10.5. The maximum absolute atomic E-state index is 11.4. The van der Waals surface area contributed by atoms with Gasteiger partial charge in [-0.25, -0.2) is 13.2 Å². The molecule has 0 aliphatic carbocycles. The van der Waals surface area contributed by atoms with Gasteiger partial charge in [0, 0.05) is 26.3 Å². The van der Waals surface area contributed by atoms with E-state index in [-0.39, 0.29) is 17.5 Å². The second-order valence-electron chi connectivity index (χ2n) is 3.63. The number of nitrogens with two attached hydrogens (primary N) is 1. The van der Waals surface area contributed by atoms with E-state index in [1.165, 1.54) is 17.0 Å². The van der Waals surface area contributed by atoms with Gasteiger partial charge in [-0.1, -0.05) is 0 Å². The maximum Gasteiger partial charge on any atom is 0.321 e. The SMILES string of the molecule is CN(C)C(=O)Nc1ccc([SH](=O)=O)c(CN)c1. The molecule has 0 spiro atoms. The molecule has 0 saturated carbocycles. The van der Waals surface area contributed by atoms with Gasteiger partial charge in [0.1, 0.15) is 0 Å². The minimum atomic E-state index is -2.67. The fourth-order valence-electron chi connectivity index (χ4n) is 1.24. The Kier molecular flexibility index (Phi) is 4.47. The summed E-state index contributed by atoms with van der Waals surface area (Å²) >= 11 is 0. The van der Waals surface area contributed by atoms with Crippen LogP contribution in [0.25, 0.3) is 0 Å². The van der Waals surface area contributed by atoms with Gasteiger partial charge in [0.05, 0.1) is 4.90 Å². The molecule has 0 aliphatic rings. The monoisotopic (exact) mass is 257 g/mol. The number of carbonyl (C=O) groups excluding carboxylic acids is 1. The van der Waals surface area contributed by atoms with Crippen molar-refractivity contribution in [3.8, 4) is 0 Å². The van der Waals surface area contributed by atoms with Crippen molar-refractivity contribution in [3.05, 3.63) is 23.8 Å². The van der Waals surface area contributed by atoms with E-state index < -0.39 is 10.7 Å². The van der Waals surface area contributed by atoms with Crippen LogP contribution < -0.4 is 11.1 Å². The van der Waals surface area contributed by atoms with Crippen LogP contribution in [-0.2, 0) is 17.2 Å². The lowest BCUT2D eigenvalue weighted by Gasteiger charge is -2.13. The molecule has 6 nitrogen and oxygen atoms in total. The molecule has 0 saturated heterocycles. The lowest BCUT2D eigenvalue weighted by Crippen LogP contribution is -2.27. The molecule has 0 radical (unpaired) electrons. The lowest BCUT2D eigenvalue weighted by molar-refractivity contribution is 0.230. The summed E-state index contributed by atoms with van der Waals surface area (Å²) in [4.78, 5) is 13.0. The van der Waals surface area contributed by atoms with Crippen LogP contribution in [0.5, 0.6) is 0 Å². The Labute approximate surface area is 101 Å². The number of nitrogens with zero attached hydrogens (tertiary/aromatic N) is 1. The fourth-order valence-corrected chi connectivity index (χ4v) is 1.83. The van der Waals surface area contributed by atoms with Crippen LogP contribution >= 0.6 is 0 Å². The maximum atomic E-state index is 11.4. The summed E-state index contributed by atoms with van der Waals surface area (Å²) in [7, 11) is 0.556. The predicted octanol–water partition coefficient (Wildman–Crippen LogP) is 0.209. The highest BCUT2D eigenvalue weighted by Crippen LogP contribution is 2.17. The molecule has 1 aromatic rings. The smallest absolute Gasteiger partial charge is 0.321 e. The normalized spacial score (nSPS) is 10.4. The third-order valence-electron chi connectivity index (χ3n) is 2.15. The Morgan fingerprint density at radius 2 is 2.06 bits per heavy atom. The highest BCUT2D eigenvalue weighted by Gasteiger charge is 2.08. The van der Waals surface area contributed by atoms with Gasteiger partial charge in [0.15, 0.2) is 10.7 Å². The molecule has 17 heavy (non-hydrogen) atoms. The standard InChI is InChI=1S/C10H15N3O3S/c1-13(2)10(14)12-8-3-4-9(17(15)16)7(5-8)6-11/h3-5,17H,6,11H2,1-2H3,(H,12,14). The Bertz CT molecular complexity index is 490. The van der Waals surface area contributed by atoms with Crippen LogP contribution in [0.15, 0.2) is 23.1 Å². The van der Waals surface area contributed by atoms with Crippen LogP contribution in [0, 0.1) is 0 Å². The first-order valence-corrected chi connectivity index (χ1v) is 6.09. The van der Waals surface area contributed by atoms with Crippen molar-refractivity contribution in [2.75, 3.05) is 19.4 Å². The molecular weight excluding hydrogens is 242 g/mol. The fraction of sp³-hybridized carbons (Fsp3) is 0.300. The molecule has 0 bridgehead atoms. The molecule has 1 aromatic carbocycles. The number of nitrogens with one attached hydrogen (secondary N) is 1. The Hall–Kier alpha value is -1.60. The Balaban J connectivity index is 3.02. The summed E-state index contributed by atoms with van der Waals surface area (Å²) in [6.45, 7) is 0.102. The molecule has 3 N–H and O–H groups in total. The summed E-state index contributed by atoms with van der Waals surface area (Å²) in [5.41, 5.74) is 6.46. The molecule has 0 aliphatic heterocycles. The van der Waals surface area contributed by atoms with Gasteiger partial charge in [-0.05, 0) is 23.8 Å². The molecule has 0 atom stereocenters. The van der Waals surface area contributed by atoms with Crippen LogP contribution in [0.4, 0.5) is 10.5 Å². The number of urea groups is 1. The van der Waals surface area contributed by atoms with Crippen molar-refractivity contribution in [3.63, 3.8) is 0 Å². The van der Waals surface area contributed by atoms with Gasteiger partial charge >= 0.3 is 6.03 Å². The van der Waals surface area contributed by atoms with Crippen molar-refractivity contribution in [2.45, 2.75) is 11.4 Å². The Morgan fingerprint density at radius 1 is 1.41 bits per heavy atom. The van der Waals surface area contributed by atoms with Crippen molar-refractivity contribution in [2.24, 2.45) is 5.73 Å². The van der Waals surface area contributed by atoms with E-state index in [0.717, 1.165) is 0 Å². The molecule has 0 aromatic heterocycles. The number of thiol groups is 1. The average Bonchev–Trinajstić information content (AvgIpc) is 2.28. The first-order valence-electron chi connectivity index (χ1n) is 4.91. The minimum Gasteiger partial charge on any atom is -0.331 e. The van der Waals surface area contributed by atoms with Gasteiger partial charge in [-0.15, -0.1) is 0 Å². The molecule has 0 heterocycles. The number of hydrogen-bond acceptors (Lipinski definition) is 4. The van der Waals surface area contributed by atoms with Gasteiger partial charge in [-0.2, -0.15) is 0 Å². The van der Waals surface area contributed by atoms with Crippen LogP contribution in [-0.4, -0.2) is 33.4 Å². The quantitative estimate of drug-likeness (QED) is 0.675. The number of hydrogen-bond donors (Lipinski definition) is 3. The summed E-state index contributed by atoms with van der Waals surface area (Å²) in [6.07, 6.45) is 0. The zero-order chi connectivity index (χ0) is 13.0. The van der Waals surface area contributed by atoms with Crippen molar-refractivity contribution < 1.29 is 13.2 Å². The van der Waals surface area contributed by atoms with Crippen LogP contribution in [0.2, 0.25) is 0 Å². The second kappa shape index (κ2) is 5.65. The number of carbonyl (C=O) groups is 1. The second-order valence-corrected chi connectivity index (χ2v) is 4.63. The topological polar surface area (TPSA) is 92.5 Å². The average molecular weight is 257 g/mol. The molecule has 7 heteroatoms. The van der Waals surface area contributed by atoms with Gasteiger partial charge < -0.3 is 16.0 Å². The summed E-state index contributed by atoms with van der Waals surface area (Å²) in [5, 5.41) is 2.62. The molecule has 1 rings (SSSR count). The number of benzene rings is 1. The van der Waals surface area contributed by atoms with E-state index in [9.17, 15) is 13.2 Å². The largest absolute Gasteiger partial charge is 0.331 e. The zero-order valence-electron chi connectivity index (χ0n) is 9.64. The van der Waals surface area contributed by atoms with Crippen LogP contribution in [0.1, 0.15) is 5.56 Å². The third-order valence-corrected chi connectivity index (χ3v) is 2.98. The minimum absolute atomic E-state index is 0.102. The molecular formula is C10H15N3O3S. The first kappa shape index (κ1) is 13.5. The molecule has 0 unspecified atom stereocenters. The van der Waals surface area contributed by atoms with Gasteiger partial charge in [0.25, 0.3) is 0 Å². The molecule has 2 amide bonds. The molecule has 0 fully saturated rings. The van der Waals surface area contributed by atoms with E-state index in [0.29, 0.717) is 11.3 Å². The van der Waals surface area contributed by atoms with E-state index >= 15 is 0 Å². The summed E-state index contributed by atoms with van der Waals surface area (Å²) in [5.74, 6) is 0. The highest BCUT2D eigenvalue weighted by atomic mass is 32.2. The van der Waals surface area contributed by atoms with Crippen molar-refractivity contribution >= 4 is 22.4 Å². The van der Waals surface area contributed by atoms with Gasteiger partial charge in [0.2, 0.25) is 0 Å². The summed E-state index contributed by atoms with van der Waals surface area (Å²) in [6, 6.07) is 4.23. The van der Waals surface area contributed by atoms with Crippen molar-refractivity contribution in [1.82, 2.24) is 4.90 Å². The number of anilines is 1. The predicted molar refractivity (Wildman–Crippen MR) is 65.6 cm³/mol. The van der Waals surface area contributed by atoms with Gasteiger partial charge in [-0.3, -0.25) is 0 Å². The first-order chi connectivity index (χ1) is 7.95. The van der Waals surface area contributed by atoms with E-state index in [1.807, 2.05) is 0 Å². The Morgan fingerprint density at radius 3 is 2.53 bits per heavy atom. The van der Waals surface area contributed by atoms with E-state index in [2.05, 4.69) is 5.32 Å². The molecule has 94 valence electrons. The van der Waals surface area contributed by atoms with E-state index in [4.69, 9.17) is 5.73 Å². The van der Waals surface area contributed by atoms with E-state index in [1.54, 1.807) is 20.2 Å². The number of rotatable bonds is 3. The summed E-state index contributed by atoms with van der Waals surface area (Å²) < 4.78 is 21.8.